The zero-order valence-electron chi connectivity index (χ0n) is 11.7. The lowest BCUT2D eigenvalue weighted by Crippen LogP contribution is -2.05. The second kappa shape index (κ2) is 4.82. The summed E-state index contributed by atoms with van der Waals surface area (Å²) in [5.41, 5.74) is 13.4. The summed E-state index contributed by atoms with van der Waals surface area (Å²) in [6, 6.07) is 6.81. The van der Waals surface area contributed by atoms with Gasteiger partial charge in [0.05, 0.1) is 11.4 Å². The molecule has 0 fully saturated rings. The monoisotopic (exact) mass is 255 g/mol. The van der Waals surface area contributed by atoms with Crippen LogP contribution >= 0.6 is 0 Å². The molecule has 0 radical (unpaired) electrons. The average Bonchev–Trinajstić information content (AvgIpc) is 2.73. The molecule has 0 spiro atoms. The molecule has 0 atom stereocenters. The fraction of sp³-hybridized carbons (Fsp3) is 0.438. The Labute approximate surface area is 114 Å². The third-order valence-electron chi connectivity index (χ3n) is 4.24. The molecule has 0 saturated heterocycles. The maximum Gasteiger partial charge on any atom is 0.0955 e. The van der Waals surface area contributed by atoms with E-state index < -0.39 is 0 Å². The predicted molar refractivity (Wildman–Crippen MR) is 77.9 cm³/mol. The van der Waals surface area contributed by atoms with Gasteiger partial charge < -0.3 is 5.73 Å². The first-order valence-electron chi connectivity index (χ1n) is 7.05. The topological polar surface area (TPSA) is 43.8 Å². The van der Waals surface area contributed by atoms with Crippen molar-refractivity contribution in [3.05, 3.63) is 40.6 Å². The zero-order chi connectivity index (χ0) is 13.4. The van der Waals surface area contributed by atoms with Crippen LogP contribution in [0.1, 0.15) is 35.2 Å². The van der Waals surface area contributed by atoms with Crippen LogP contribution in [0.25, 0.3) is 11.3 Å². The minimum Gasteiger partial charge on any atom is -0.325 e. The van der Waals surface area contributed by atoms with E-state index in [1.54, 1.807) is 0 Å². The summed E-state index contributed by atoms with van der Waals surface area (Å²) in [5.74, 6) is 0. The first-order chi connectivity index (χ1) is 9.20. The van der Waals surface area contributed by atoms with Crippen molar-refractivity contribution in [2.45, 2.75) is 39.2 Å². The van der Waals surface area contributed by atoms with Crippen LogP contribution < -0.4 is 5.73 Å². The highest BCUT2D eigenvalue weighted by molar-refractivity contribution is 5.65. The van der Waals surface area contributed by atoms with Gasteiger partial charge in [0.25, 0.3) is 0 Å². The SMILES string of the molecule is Cc1c(-c2ccc3c(c2)CCCC3)nn(C)c1CN. The predicted octanol–water partition coefficient (Wildman–Crippen LogP) is 2.73. The Hall–Kier alpha value is -1.61. The molecule has 2 N–H and O–H groups in total. The molecular formula is C16H21N3. The molecule has 0 unspecified atom stereocenters. The summed E-state index contributed by atoms with van der Waals surface area (Å²) in [6.45, 7) is 2.66. The first-order valence-corrected chi connectivity index (χ1v) is 7.05. The molecule has 1 heterocycles. The molecule has 19 heavy (non-hydrogen) atoms. The van der Waals surface area contributed by atoms with Gasteiger partial charge in [0, 0.05) is 19.2 Å². The van der Waals surface area contributed by atoms with E-state index in [1.807, 2.05) is 11.7 Å². The molecule has 3 heteroatoms. The van der Waals surface area contributed by atoms with E-state index in [4.69, 9.17) is 5.73 Å². The minimum atomic E-state index is 0.542. The Morgan fingerprint density at radius 1 is 1.21 bits per heavy atom. The summed E-state index contributed by atoms with van der Waals surface area (Å²) in [6.07, 6.45) is 5.07. The normalized spacial score (nSPS) is 14.5. The van der Waals surface area contributed by atoms with Crippen LogP contribution in [0.3, 0.4) is 0 Å². The van der Waals surface area contributed by atoms with Gasteiger partial charge in [0.1, 0.15) is 0 Å². The van der Waals surface area contributed by atoms with E-state index in [2.05, 4.69) is 30.2 Å². The highest BCUT2D eigenvalue weighted by Crippen LogP contribution is 2.29. The average molecular weight is 255 g/mol. The molecule has 100 valence electrons. The summed E-state index contributed by atoms with van der Waals surface area (Å²) < 4.78 is 1.91. The van der Waals surface area contributed by atoms with Crippen molar-refractivity contribution in [1.29, 1.82) is 0 Å². The van der Waals surface area contributed by atoms with Gasteiger partial charge in [-0.15, -0.1) is 0 Å². The summed E-state index contributed by atoms with van der Waals surface area (Å²) in [7, 11) is 1.97. The van der Waals surface area contributed by atoms with Crippen molar-refractivity contribution in [2.24, 2.45) is 12.8 Å². The standard InChI is InChI=1S/C16H21N3/c1-11-15(10-17)19(2)18-16(11)14-8-7-12-5-3-4-6-13(12)9-14/h7-9H,3-6,10,17H2,1-2H3. The smallest absolute Gasteiger partial charge is 0.0955 e. The van der Waals surface area contributed by atoms with Crippen LogP contribution in [-0.4, -0.2) is 9.78 Å². The first kappa shape index (κ1) is 12.4. The van der Waals surface area contributed by atoms with Gasteiger partial charge in [0.15, 0.2) is 0 Å². The van der Waals surface area contributed by atoms with E-state index in [1.165, 1.54) is 47.9 Å². The van der Waals surface area contributed by atoms with Crippen molar-refractivity contribution in [3.8, 4) is 11.3 Å². The van der Waals surface area contributed by atoms with E-state index in [-0.39, 0.29) is 0 Å². The second-order valence-corrected chi connectivity index (χ2v) is 5.44. The van der Waals surface area contributed by atoms with Gasteiger partial charge in [-0.2, -0.15) is 5.10 Å². The van der Waals surface area contributed by atoms with Gasteiger partial charge in [0.2, 0.25) is 0 Å². The van der Waals surface area contributed by atoms with Crippen LogP contribution in [0.15, 0.2) is 18.2 Å². The Morgan fingerprint density at radius 2 is 1.95 bits per heavy atom. The number of rotatable bonds is 2. The lowest BCUT2D eigenvalue weighted by atomic mass is 9.89. The summed E-state index contributed by atoms with van der Waals surface area (Å²) >= 11 is 0. The molecule has 3 nitrogen and oxygen atoms in total. The number of hydrogen-bond donors (Lipinski definition) is 1. The number of aryl methyl sites for hydroxylation is 3. The van der Waals surface area contributed by atoms with Crippen LogP contribution in [0.5, 0.6) is 0 Å². The summed E-state index contributed by atoms with van der Waals surface area (Å²) in [5, 5.41) is 4.64. The molecule has 3 rings (SSSR count). The van der Waals surface area contributed by atoms with Gasteiger partial charge in [-0.3, -0.25) is 4.68 Å². The van der Waals surface area contributed by atoms with E-state index in [9.17, 15) is 0 Å². The van der Waals surface area contributed by atoms with Crippen molar-refractivity contribution in [3.63, 3.8) is 0 Å². The zero-order valence-corrected chi connectivity index (χ0v) is 11.7. The Balaban J connectivity index is 2.07. The van der Waals surface area contributed by atoms with Crippen molar-refractivity contribution in [1.82, 2.24) is 9.78 Å². The van der Waals surface area contributed by atoms with Gasteiger partial charge in [-0.05, 0) is 55.4 Å². The van der Waals surface area contributed by atoms with Crippen molar-refractivity contribution in [2.75, 3.05) is 0 Å². The van der Waals surface area contributed by atoms with Crippen LogP contribution in [0.2, 0.25) is 0 Å². The second-order valence-electron chi connectivity index (χ2n) is 5.44. The van der Waals surface area contributed by atoms with Crippen molar-refractivity contribution >= 4 is 0 Å². The maximum atomic E-state index is 5.79. The van der Waals surface area contributed by atoms with E-state index in [0.717, 1.165) is 11.4 Å². The number of aromatic nitrogens is 2. The minimum absolute atomic E-state index is 0.542. The highest BCUT2D eigenvalue weighted by atomic mass is 15.3. The van der Waals surface area contributed by atoms with Crippen LogP contribution in [0.4, 0.5) is 0 Å². The molecule has 1 aliphatic rings. The molecule has 0 bridgehead atoms. The Morgan fingerprint density at radius 3 is 2.63 bits per heavy atom. The number of nitrogens with two attached hydrogens (primary N) is 1. The maximum absolute atomic E-state index is 5.79. The number of nitrogens with zero attached hydrogens (tertiary/aromatic N) is 2. The highest BCUT2D eigenvalue weighted by Gasteiger charge is 2.15. The molecular weight excluding hydrogens is 234 g/mol. The largest absolute Gasteiger partial charge is 0.325 e. The van der Waals surface area contributed by atoms with E-state index in [0.29, 0.717) is 6.54 Å². The molecule has 1 aromatic heterocycles. The summed E-state index contributed by atoms with van der Waals surface area (Å²) in [4.78, 5) is 0. The Bertz CT molecular complexity index is 611. The van der Waals surface area contributed by atoms with E-state index >= 15 is 0 Å². The van der Waals surface area contributed by atoms with Gasteiger partial charge in [-0.1, -0.05) is 12.1 Å². The van der Waals surface area contributed by atoms with Gasteiger partial charge in [-0.25, -0.2) is 0 Å². The third-order valence-corrected chi connectivity index (χ3v) is 4.24. The van der Waals surface area contributed by atoms with Gasteiger partial charge >= 0.3 is 0 Å². The molecule has 2 aromatic rings. The Kier molecular flexibility index (Phi) is 3.15. The fourth-order valence-corrected chi connectivity index (χ4v) is 3.10. The van der Waals surface area contributed by atoms with Crippen molar-refractivity contribution < 1.29 is 0 Å². The molecule has 1 aromatic carbocycles. The number of benzene rings is 1. The molecule has 0 amide bonds. The molecule has 0 aliphatic heterocycles. The third kappa shape index (κ3) is 2.08. The quantitative estimate of drug-likeness (QED) is 0.896. The van der Waals surface area contributed by atoms with Crippen LogP contribution in [-0.2, 0) is 26.4 Å². The lowest BCUT2D eigenvalue weighted by Gasteiger charge is -2.16. The molecule has 0 saturated carbocycles. The van der Waals surface area contributed by atoms with Crippen LogP contribution in [0, 0.1) is 6.92 Å². The fourth-order valence-electron chi connectivity index (χ4n) is 3.10. The molecule has 1 aliphatic carbocycles. The number of hydrogen-bond acceptors (Lipinski definition) is 2. The lowest BCUT2D eigenvalue weighted by molar-refractivity contribution is 0.685. The number of fused-ring (bicyclic) bond motifs is 1.